The molecule has 23 heavy (non-hydrogen) atoms. The first kappa shape index (κ1) is 18.8. The second-order valence-corrected chi connectivity index (χ2v) is 5.17. The average molecular weight is 322 g/mol. The van der Waals surface area contributed by atoms with Crippen LogP contribution in [0.5, 0.6) is 11.5 Å². The van der Waals surface area contributed by atoms with Gasteiger partial charge >= 0.3 is 11.8 Å². The number of rotatable bonds is 8. The Kier molecular flexibility index (Phi) is 7.94. The molecule has 0 aliphatic rings. The fraction of sp³-hybridized carbons (Fsp3) is 0.529. The predicted molar refractivity (Wildman–Crippen MR) is 90.0 cm³/mol. The van der Waals surface area contributed by atoms with Gasteiger partial charge in [0.15, 0.2) is 11.5 Å². The molecule has 0 atom stereocenters. The lowest BCUT2D eigenvalue weighted by molar-refractivity contribution is -0.143. The number of benzene rings is 1. The van der Waals surface area contributed by atoms with E-state index in [4.69, 9.17) is 9.47 Å². The summed E-state index contributed by atoms with van der Waals surface area (Å²) in [5.74, 6) is -0.0848. The van der Waals surface area contributed by atoms with E-state index in [-0.39, 0.29) is 0 Å². The van der Waals surface area contributed by atoms with E-state index in [9.17, 15) is 9.59 Å². The van der Waals surface area contributed by atoms with Crippen molar-refractivity contribution in [2.45, 2.75) is 33.1 Å². The molecular weight excluding hydrogens is 296 g/mol. The summed E-state index contributed by atoms with van der Waals surface area (Å²) >= 11 is 0. The fourth-order valence-electron chi connectivity index (χ4n) is 2.18. The van der Waals surface area contributed by atoms with Gasteiger partial charge in [0.25, 0.3) is 0 Å². The first-order chi connectivity index (χ1) is 11.1. The molecule has 6 nitrogen and oxygen atoms in total. The van der Waals surface area contributed by atoms with Crippen LogP contribution in [0.1, 0.15) is 33.1 Å². The number of hydrogen-bond donors (Lipinski definition) is 1. The number of ether oxygens (including phenoxy) is 2. The highest BCUT2D eigenvalue weighted by Gasteiger charge is 2.21. The number of carbonyl (C=O) groups excluding carboxylic acids is 2. The third kappa shape index (κ3) is 5.47. The summed E-state index contributed by atoms with van der Waals surface area (Å²) < 4.78 is 10.3. The maximum absolute atomic E-state index is 12.3. The SMILES string of the molecule is CCCCN(CCC)C(=O)C(=O)Nc1ccc(OC)c(OC)c1. The largest absolute Gasteiger partial charge is 0.493 e. The third-order valence-corrected chi connectivity index (χ3v) is 3.40. The van der Waals surface area contributed by atoms with Gasteiger partial charge in [0.1, 0.15) is 0 Å². The molecule has 0 bridgehead atoms. The minimum atomic E-state index is -0.637. The zero-order valence-electron chi connectivity index (χ0n) is 14.3. The summed E-state index contributed by atoms with van der Waals surface area (Å²) in [5.41, 5.74) is 0.493. The number of nitrogens with one attached hydrogen (secondary N) is 1. The molecular formula is C17H26N2O4. The Morgan fingerprint density at radius 3 is 2.30 bits per heavy atom. The number of anilines is 1. The van der Waals surface area contributed by atoms with E-state index in [0.29, 0.717) is 30.3 Å². The van der Waals surface area contributed by atoms with Crippen LogP contribution in [0.25, 0.3) is 0 Å². The Morgan fingerprint density at radius 2 is 1.74 bits per heavy atom. The maximum atomic E-state index is 12.3. The molecule has 0 aliphatic heterocycles. The molecule has 1 N–H and O–H groups in total. The summed E-state index contributed by atoms with van der Waals surface area (Å²) in [4.78, 5) is 26.0. The molecule has 0 fully saturated rings. The molecule has 1 aromatic rings. The van der Waals surface area contributed by atoms with Gasteiger partial charge in [0.05, 0.1) is 14.2 Å². The van der Waals surface area contributed by atoms with Gasteiger partial charge in [-0.1, -0.05) is 20.3 Å². The van der Waals surface area contributed by atoms with Crippen LogP contribution in [-0.4, -0.2) is 44.0 Å². The van der Waals surface area contributed by atoms with E-state index in [1.807, 2.05) is 6.92 Å². The van der Waals surface area contributed by atoms with Crippen molar-refractivity contribution < 1.29 is 19.1 Å². The Bertz CT molecular complexity index is 531. The van der Waals surface area contributed by atoms with Crippen LogP contribution >= 0.6 is 0 Å². The van der Waals surface area contributed by atoms with Crippen molar-refractivity contribution in [1.82, 2.24) is 4.90 Å². The van der Waals surface area contributed by atoms with Gasteiger partial charge in [-0.2, -0.15) is 0 Å². The summed E-state index contributed by atoms with van der Waals surface area (Å²) in [7, 11) is 3.05. The molecule has 0 saturated heterocycles. The number of nitrogens with zero attached hydrogens (tertiary/aromatic N) is 1. The van der Waals surface area contributed by atoms with Crippen LogP contribution < -0.4 is 14.8 Å². The molecule has 2 amide bonds. The molecule has 128 valence electrons. The van der Waals surface area contributed by atoms with Gasteiger partial charge in [-0.25, -0.2) is 0 Å². The summed E-state index contributed by atoms with van der Waals surface area (Å²) in [5, 5.41) is 2.62. The van der Waals surface area contributed by atoms with Crippen molar-refractivity contribution in [3.8, 4) is 11.5 Å². The van der Waals surface area contributed by atoms with Crippen molar-refractivity contribution in [3.63, 3.8) is 0 Å². The normalized spacial score (nSPS) is 10.1. The Balaban J connectivity index is 2.78. The van der Waals surface area contributed by atoms with Gasteiger partial charge < -0.3 is 19.7 Å². The first-order valence-electron chi connectivity index (χ1n) is 7.89. The quantitative estimate of drug-likeness (QED) is 0.747. The van der Waals surface area contributed by atoms with Crippen LogP contribution in [0.15, 0.2) is 18.2 Å². The first-order valence-corrected chi connectivity index (χ1v) is 7.89. The van der Waals surface area contributed by atoms with E-state index in [2.05, 4.69) is 12.2 Å². The Hall–Kier alpha value is -2.24. The lowest BCUT2D eigenvalue weighted by atomic mass is 10.2. The number of unbranched alkanes of at least 4 members (excludes halogenated alkanes) is 1. The minimum absolute atomic E-state index is 0.493. The molecule has 6 heteroatoms. The smallest absolute Gasteiger partial charge is 0.313 e. The molecule has 1 aromatic carbocycles. The van der Waals surface area contributed by atoms with Crippen molar-refractivity contribution in [1.29, 1.82) is 0 Å². The maximum Gasteiger partial charge on any atom is 0.313 e. The van der Waals surface area contributed by atoms with Crippen molar-refractivity contribution in [3.05, 3.63) is 18.2 Å². The average Bonchev–Trinajstić information content (AvgIpc) is 2.57. The molecule has 0 spiro atoms. The molecule has 1 rings (SSSR count). The van der Waals surface area contributed by atoms with Crippen LogP contribution in [0.3, 0.4) is 0 Å². The van der Waals surface area contributed by atoms with Gasteiger partial charge in [0.2, 0.25) is 0 Å². The highest BCUT2D eigenvalue weighted by atomic mass is 16.5. The predicted octanol–water partition coefficient (Wildman–Crippen LogP) is 2.68. The van der Waals surface area contributed by atoms with E-state index < -0.39 is 11.8 Å². The second-order valence-electron chi connectivity index (χ2n) is 5.17. The number of amides is 2. The van der Waals surface area contributed by atoms with E-state index in [0.717, 1.165) is 19.3 Å². The lowest BCUT2D eigenvalue weighted by Gasteiger charge is -2.21. The van der Waals surface area contributed by atoms with Crippen LogP contribution in [0, 0.1) is 0 Å². The molecule has 0 aromatic heterocycles. The zero-order valence-corrected chi connectivity index (χ0v) is 14.3. The van der Waals surface area contributed by atoms with Crippen molar-refractivity contribution >= 4 is 17.5 Å². The van der Waals surface area contributed by atoms with Crippen LogP contribution in [-0.2, 0) is 9.59 Å². The topological polar surface area (TPSA) is 67.9 Å². The highest BCUT2D eigenvalue weighted by Crippen LogP contribution is 2.29. The standard InChI is InChI=1S/C17H26N2O4/c1-5-7-11-19(10-6-2)17(21)16(20)18-13-8-9-14(22-3)15(12-13)23-4/h8-9,12H,5-7,10-11H2,1-4H3,(H,18,20). The Morgan fingerprint density at radius 1 is 1.04 bits per heavy atom. The lowest BCUT2D eigenvalue weighted by Crippen LogP contribution is -2.40. The molecule has 0 radical (unpaired) electrons. The van der Waals surface area contributed by atoms with Crippen molar-refractivity contribution in [2.75, 3.05) is 32.6 Å². The van der Waals surface area contributed by atoms with Crippen LogP contribution in [0.4, 0.5) is 5.69 Å². The van der Waals surface area contributed by atoms with E-state index >= 15 is 0 Å². The van der Waals surface area contributed by atoms with Crippen molar-refractivity contribution in [2.24, 2.45) is 0 Å². The van der Waals surface area contributed by atoms with Gasteiger partial charge in [-0.15, -0.1) is 0 Å². The molecule has 0 aliphatic carbocycles. The van der Waals surface area contributed by atoms with Gasteiger partial charge in [-0.3, -0.25) is 9.59 Å². The Labute approximate surface area is 137 Å². The number of hydrogen-bond acceptors (Lipinski definition) is 4. The van der Waals surface area contributed by atoms with Gasteiger partial charge in [-0.05, 0) is 25.0 Å². The van der Waals surface area contributed by atoms with E-state index in [1.54, 1.807) is 23.1 Å². The summed E-state index contributed by atoms with van der Waals surface area (Å²) in [6.07, 6.45) is 2.68. The highest BCUT2D eigenvalue weighted by molar-refractivity contribution is 6.39. The number of methoxy groups -OCH3 is 2. The second kappa shape index (κ2) is 9.71. The van der Waals surface area contributed by atoms with Gasteiger partial charge in [0, 0.05) is 24.8 Å². The molecule has 0 saturated carbocycles. The monoisotopic (exact) mass is 322 g/mol. The number of carbonyl (C=O) groups is 2. The van der Waals surface area contributed by atoms with E-state index in [1.165, 1.54) is 14.2 Å². The van der Waals surface area contributed by atoms with Crippen LogP contribution in [0.2, 0.25) is 0 Å². The third-order valence-electron chi connectivity index (χ3n) is 3.40. The fourth-order valence-corrected chi connectivity index (χ4v) is 2.18. The molecule has 0 heterocycles. The summed E-state index contributed by atoms with van der Waals surface area (Å²) in [6, 6.07) is 4.97. The summed E-state index contributed by atoms with van der Waals surface area (Å²) in [6.45, 7) is 5.22. The minimum Gasteiger partial charge on any atom is -0.493 e. The molecule has 0 unspecified atom stereocenters. The zero-order chi connectivity index (χ0) is 17.2.